The number of ether oxygens (including phenoxy) is 2. The predicted octanol–water partition coefficient (Wildman–Crippen LogP) is 3.68. The molecule has 0 aliphatic carbocycles. The van der Waals surface area contributed by atoms with Crippen LogP contribution in [0.5, 0.6) is 5.75 Å². The molecule has 3 heteroatoms. The summed E-state index contributed by atoms with van der Waals surface area (Å²) in [6, 6.07) is 5.38. The summed E-state index contributed by atoms with van der Waals surface area (Å²) in [5, 5.41) is 0. The number of carbonyl (C=O) groups is 1. The lowest BCUT2D eigenvalue weighted by Crippen LogP contribution is -2.07. The highest BCUT2D eigenvalue weighted by molar-refractivity contribution is 5.90. The summed E-state index contributed by atoms with van der Waals surface area (Å²) in [4.78, 5) is 11.8. The van der Waals surface area contributed by atoms with Gasteiger partial charge in [0, 0.05) is 0 Å². The van der Waals surface area contributed by atoms with Crippen molar-refractivity contribution in [2.45, 2.75) is 19.8 Å². The molecule has 0 spiro atoms. The van der Waals surface area contributed by atoms with Crippen molar-refractivity contribution in [3.05, 3.63) is 54.6 Å². The van der Waals surface area contributed by atoms with Gasteiger partial charge >= 0.3 is 5.97 Å². The molecule has 0 bridgehead atoms. The number of aryl methyl sites for hydroxylation is 1. The van der Waals surface area contributed by atoms with Crippen LogP contribution in [0.1, 0.15) is 28.8 Å². The van der Waals surface area contributed by atoms with Gasteiger partial charge in [-0.1, -0.05) is 12.2 Å². The lowest BCUT2D eigenvalue weighted by molar-refractivity contribution is 0.0511. The maximum Gasteiger partial charge on any atom is 0.338 e. The zero-order chi connectivity index (χ0) is 14.1. The number of esters is 1. The van der Waals surface area contributed by atoms with Crippen molar-refractivity contribution in [2.24, 2.45) is 0 Å². The smallest absolute Gasteiger partial charge is 0.338 e. The predicted molar refractivity (Wildman–Crippen MR) is 76.6 cm³/mol. The maximum atomic E-state index is 11.8. The molecule has 1 rings (SSSR count). The molecule has 0 heterocycles. The Balaban J connectivity index is 2.69. The molecular weight excluding hydrogens is 240 g/mol. The number of hydrogen-bond acceptors (Lipinski definition) is 3. The second-order valence-electron chi connectivity index (χ2n) is 4.17. The van der Waals surface area contributed by atoms with Crippen molar-refractivity contribution in [3.63, 3.8) is 0 Å². The average molecular weight is 260 g/mol. The van der Waals surface area contributed by atoms with Crippen LogP contribution in [0.15, 0.2) is 43.5 Å². The van der Waals surface area contributed by atoms with Gasteiger partial charge in [-0.05, 0) is 43.5 Å². The fourth-order valence-electron chi connectivity index (χ4n) is 1.53. The lowest BCUT2D eigenvalue weighted by Gasteiger charge is -2.09. The molecule has 0 saturated carbocycles. The van der Waals surface area contributed by atoms with Gasteiger partial charge in [0.2, 0.25) is 0 Å². The first-order valence-electron chi connectivity index (χ1n) is 6.30. The van der Waals surface area contributed by atoms with Crippen LogP contribution in [0.4, 0.5) is 0 Å². The Hall–Kier alpha value is -2.03. The van der Waals surface area contributed by atoms with E-state index in [1.807, 2.05) is 13.0 Å². The van der Waals surface area contributed by atoms with Crippen molar-refractivity contribution in [3.8, 4) is 5.75 Å². The van der Waals surface area contributed by atoms with Gasteiger partial charge in [-0.3, -0.25) is 0 Å². The SMILES string of the molecule is C=CCCOC(=O)c1cc(C)cc(OCCC=C)c1. The van der Waals surface area contributed by atoms with Crippen molar-refractivity contribution in [2.75, 3.05) is 13.2 Å². The average Bonchev–Trinajstić information content (AvgIpc) is 2.38. The highest BCUT2D eigenvalue weighted by atomic mass is 16.5. The summed E-state index contributed by atoms with van der Waals surface area (Å²) in [6.07, 6.45) is 4.93. The fourth-order valence-corrected chi connectivity index (χ4v) is 1.53. The van der Waals surface area contributed by atoms with E-state index >= 15 is 0 Å². The van der Waals surface area contributed by atoms with Gasteiger partial charge in [0.25, 0.3) is 0 Å². The van der Waals surface area contributed by atoms with Gasteiger partial charge in [0.05, 0.1) is 18.8 Å². The summed E-state index contributed by atoms with van der Waals surface area (Å²) in [7, 11) is 0. The van der Waals surface area contributed by atoms with Crippen molar-refractivity contribution in [1.29, 1.82) is 0 Å². The molecular formula is C16H20O3. The molecule has 0 aliphatic rings. The Kier molecular flexibility index (Phi) is 6.44. The molecule has 0 amide bonds. The zero-order valence-electron chi connectivity index (χ0n) is 11.4. The Morgan fingerprint density at radius 2 is 1.84 bits per heavy atom. The quantitative estimate of drug-likeness (QED) is 0.406. The summed E-state index contributed by atoms with van der Waals surface area (Å²) in [6.45, 7) is 10.0. The van der Waals surface area contributed by atoms with E-state index in [0.717, 1.165) is 12.0 Å². The topological polar surface area (TPSA) is 35.5 Å². The summed E-state index contributed by atoms with van der Waals surface area (Å²) < 4.78 is 10.7. The number of rotatable bonds is 8. The zero-order valence-corrected chi connectivity index (χ0v) is 11.4. The van der Waals surface area contributed by atoms with Crippen LogP contribution in [0.2, 0.25) is 0 Å². The standard InChI is InChI=1S/C16H20O3/c1-4-6-8-18-15-11-13(3)10-14(12-15)16(17)19-9-7-5-2/h4-5,10-12H,1-2,6-9H2,3H3. The molecule has 0 radical (unpaired) electrons. The second-order valence-corrected chi connectivity index (χ2v) is 4.17. The molecule has 0 atom stereocenters. The third kappa shape index (κ3) is 5.42. The summed E-state index contributed by atoms with van der Waals surface area (Å²) in [5.74, 6) is 0.344. The highest BCUT2D eigenvalue weighted by Gasteiger charge is 2.09. The van der Waals surface area contributed by atoms with Gasteiger partial charge in [0.15, 0.2) is 0 Å². The second kappa shape index (κ2) is 8.14. The molecule has 0 fully saturated rings. The minimum atomic E-state index is -0.334. The Labute approximate surface area is 114 Å². The van der Waals surface area contributed by atoms with Crippen molar-refractivity contribution >= 4 is 5.97 Å². The largest absolute Gasteiger partial charge is 0.493 e. The highest BCUT2D eigenvalue weighted by Crippen LogP contribution is 2.18. The van der Waals surface area contributed by atoms with E-state index in [1.165, 1.54) is 0 Å². The van der Waals surface area contributed by atoms with Gasteiger partial charge in [-0.25, -0.2) is 4.79 Å². The summed E-state index contributed by atoms with van der Waals surface area (Å²) >= 11 is 0. The molecule has 1 aromatic rings. The molecule has 0 aromatic heterocycles. The molecule has 0 aliphatic heterocycles. The van der Waals surface area contributed by atoms with Gasteiger partial charge in [-0.2, -0.15) is 0 Å². The van der Waals surface area contributed by atoms with Crippen LogP contribution in [0.25, 0.3) is 0 Å². The lowest BCUT2D eigenvalue weighted by atomic mass is 10.1. The number of hydrogen-bond donors (Lipinski definition) is 0. The van der Waals surface area contributed by atoms with Crippen LogP contribution in [0, 0.1) is 6.92 Å². The monoisotopic (exact) mass is 260 g/mol. The van der Waals surface area contributed by atoms with E-state index in [1.54, 1.807) is 24.3 Å². The van der Waals surface area contributed by atoms with E-state index in [-0.39, 0.29) is 5.97 Å². The first-order chi connectivity index (χ1) is 9.17. The molecule has 0 saturated heterocycles. The normalized spacial score (nSPS) is 9.74. The minimum absolute atomic E-state index is 0.334. The molecule has 3 nitrogen and oxygen atoms in total. The van der Waals surface area contributed by atoms with E-state index in [9.17, 15) is 4.79 Å². The minimum Gasteiger partial charge on any atom is -0.493 e. The van der Waals surface area contributed by atoms with Gasteiger partial charge in [0.1, 0.15) is 5.75 Å². The fraction of sp³-hybridized carbons (Fsp3) is 0.312. The van der Waals surface area contributed by atoms with Crippen molar-refractivity contribution in [1.82, 2.24) is 0 Å². The van der Waals surface area contributed by atoms with E-state index in [0.29, 0.717) is 30.9 Å². The van der Waals surface area contributed by atoms with Crippen LogP contribution >= 0.6 is 0 Å². The molecule has 1 aromatic carbocycles. The number of carbonyl (C=O) groups excluding carboxylic acids is 1. The Morgan fingerprint density at radius 1 is 1.16 bits per heavy atom. The molecule has 0 unspecified atom stereocenters. The van der Waals surface area contributed by atoms with E-state index < -0.39 is 0 Å². The van der Waals surface area contributed by atoms with Gasteiger partial charge < -0.3 is 9.47 Å². The molecule has 19 heavy (non-hydrogen) atoms. The van der Waals surface area contributed by atoms with Crippen molar-refractivity contribution < 1.29 is 14.3 Å². The van der Waals surface area contributed by atoms with E-state index in [2.05, 4.69) is 13.2 Å². The molecule has 102 valence electrons. The van der Waals surface area contributed by atoms with Crippen LogP contribution in [-0.4, -0.2) is 19.2 Å². The Bertz CT molecular complexity index is 449. The first kappa shape index (κ1) is 15.0. The number of benzene rings is 1. The van der Waals surface area contributed by atoms with Crippen LogP contribution in [0.3, 0.4) is 0 Å². The maximum absolute atomic E-state index is 11.8. The van der Waals surface area contributed by atoms with Gasteiger partial charge in [-0.15, -0.1) is 13.2 Å². The molecule has 0 N–H and O–H groups in total. The Morgan fingerprint density at radius 3 is 2.53 bits per heavy atom. The van der Waals surface area contributed by atoms with Crippen LogP contribution in [-0.2, 0) is 4.74 Å². The third-order valence-corrected chi connectivity index (χ3v) is 2.43. The van der Waals surface area contributed by atoms with E-state index in [4.69, 9.17) is 9.47 Å². The van der Waals surface area contributed by atoms with Crippen LogP contribution < -0.4 is 4.74 Å². The summed E-state index contributed by atoms with van der Waals surface area (Å²) in [5.41, 5.74) is 1.48. The third-order valence-electron chi connectivity index (χ3n) is 2.43. The first-order valence-corrected chi connectivity index (χ1v) is 6.30.